The van der Waals surface area contributed by atoms with Crippen LogP contribution in [0.25, 0.3) is 11.3 Å². The van der Waals surface area contributed by atoms with E-state index in [-0.39, 0.29) is 5.69 Å². The van der Waals surface area contributed by atoms with Crippen molar-refractivity contribution in [2.24, 2.45) is 7.05 Å². The predicted molar refractivity (Wildman–Crippen MR) is 62.9 cm³/mol. The number of methoxy groups -OCH3 is 1. The summed E-state index contributed by atoms with van der Waals surface area (Å²) in [5, 5.41) is 0. The lowest BCUT2D eigenvalue weighted by molar-refractivity contribution is 0.0463. The standard InChI is InChI=1S/C12H12F2N2O2/c1-15-11(17)7-10(16(15)12(13)14)8-3-5-9(18-2)6-4-8/h3-7,12H,1-2H3. The van der Waals surface area contributed by atoms with Gasteiger partial charge < -0.3 is 4.74 Å². The van der Waals surface area contributed by atoms with Gasteiger partial charge in [-0.2, -0.15) is 8.78 Å². The Balaban J connectivity index is 2.56. The summed E-state index contributed by atoms with van der Waals surface area (Å²) in [6, 6.07) is 7.76. The topological polar surface area (TPSA) is 36.2 Å². The van der Waals surface area contributed by atoms with Crippen LogP contribution >= 0.6 is 0 Å². The highest BCUT2D eigenvalue weighted by Gasteiger charge is 2.17. The molecule has 96 valence electrons. The summed E-state index contributed by atoms with van der Waals surface area (Å²) in [6.07, 6.45) is 0. The molecule has 4 nitrogen and oxygen atoms in total. The summed E-state index contributed by atoms with van der Waals surface area (Å²) in [5.74, 6) is 0.626. The highest BCUT2D eigenvalue weighted by Crippen LogP contribution is 2.24. The number of rotatable bonds is 3. The fourth-order valence-electron chi connectivity index (χ4n) is 1.76. The molecule has 1 heterocycles. The number of hydrogen-bond acceptors (Lipinski definition) is 2. The fraction of sp³-hybridized carbons (Fsp3) is 0.250. The molecule has 1 aromatic carbocycles. The summed E-state index contributed by atoms with van der Waals surface area (Å²) in [6.45, 7) is -2.77. The summed E-state index contributed by atoms with van der Waals surface area (Å²) < 4.78 is 32.4. The van der Waals surface area contributed by atoms with E-state index in [2.05, 4.69) is 0 Å². The number of alkyl halides is 2. The summed E-state index contributed by atoms with van der Waals surface area (Å²) in [7, 11) is 2.83. The summed E-state index contributed by atoms with van der Waals surface area (Å²) >= 11 is 0. The van der Waals surface area contributed by atoms with Crippen molar-refractivity contribution in [1.29, 1.82) is 0 Å². The van der Waals surface area contributed by atoms with Gasteiger partial charge in [0.2, 0.25) is 0 Å². The average Bonchev–Trinajstić information content (AvgIpc) is 2.66. The second-order valence-corrected chi connectivity index (χ2v) is 3.74. The van der Waals surface area contributed by atoms with Gasteiger partial charge in [-0.25, -0.2) is 9.36 Å². The molecular weight excluding hydrogens is 242 g/mol. The van der Waals surface area contributed by atoms with Gasteiger partial charge in [-0.05, 0) is 24.3 Å². The van der Waals surface area contributed by atoms with E-state index >= 15 is 0 Å². The zero-order valence-corrected chi connectivity index (χ0v) is 9.93. The van der Waals surface area contributed by atoms with E-state index in [1.165, 1.54) is 20.2 Å². The van der Waals surface area contributed by atoms with Crippen LogP contribution in [0.2, 0.25) is 0 Å². The van der Waals surface area contributed by atoms with Crippen molar-refractivity contribution in [2.75, 3.05) is 7.11 Å². The third kappa shape index (κ3) is 2.01. The second-order valence-electron chi connectivity index (χ2n) is 3.74. The molecule has 18 heavy (non-hydrogen) atoms. The molecule has 2 rings (SSSR count). The van der Waals surface area contributed by atoms with E-state index in [1.807, 2.05) is 0 Å². The Hall–Kier alpha value is -2.11. The monoisotopic (exact) mass is 254 g/mol. The molecule has 2 aromatic rings. The molecule has 0 amide bonds. The minimum absolute atomic E-state index is 0.181. The van der Waals surface area contributed by atoms with E-state index in [4.69, 9.17) is 4.74 Å². The fourth-order valence-corrected chi connectivity index (χ4v) is 1.76. The first-order valence-electron chi connectivity index (χ1n) is 5.25. The van der Waals surface area contributed by atoms with Crippen LogP contribution in [0.5, 0.6) is 5.75 Å². The van der Waals surface area contributed by atoms with Gasteiger partial charge in [-0.1, -0.05) is 0 Å². The van der Waals surface area contributed by atoms with Gasteiger partial charge in [0, 0.05) is 18.7 Å². The Morgan fingerprint density at radius 1 is 1.22 bits per heavy atom. The van der Waals surface area contributed by atoms with Crippen LogP contribution in [0.4, 0.5) is 8.78 Å². The van der Waals surface area contributed by atoms with E-state index in [0.717, 1.165) is 4.68 Å². The number of halogens is 2. The first-order chi connectivity index (χ1) is 8.54. The lowest BCUT2D eigenvalue weighted by Crippen LogP contribution is -2.19. The van der Waals surface area contributed by atoms with Crippen LogP contribution in [0, 0.1) is 0 Å². The van der Waals surface area contributed by atoms with Gasteiger partial charge in [-0.15, -0.1) is 0 Å². The maximum absolute atomic E-state index is 12.9. The minimum atomic E-state index is -2.77. The van der Waals surface area contributed by atoms with Crippen molar-refractivity contribution in [2.45, 2.75) is 6.55 Å². The molecule has 0 radical (unpaired) electrons. The van der Waals surface area contributed by atoms with Crippen LogP contribution < -0.4 is 10.3 Å². The first kappa shape index (κ1) is 12.3. The van der Waals surface area contributed by atoms with E-state index in [1.54, 1.807) is 24.3 Å². The van der Waals surface area contributed by atoms with Crippen molar-refractivity contribution in [3.63, 3.8) is 0 Å². The van der Waals surface area contributed by atoms with E-state index in [0.29, 0.717) is 16.0 Å². The lowest BCUT2D eigenvalue weighted by atomic mass is 10.1. The molecule has 0 aliphatic carbocycles. The van der Waals surface area contributed by atoms with Gasteiger partial charge in [-0.3, -0.25) is 4.79 Å². The number of ether oxygens (including phenoxy) is 1. The van der Waals surface area contributed by atoms with Crippen molar-refractivity contribution < 1.29 is 13.5 Å². The molecule has 0 bridgehead atoms. The maximum Gasteiger partial charge on any atom is 0.332 e. The number of nitrogens with zero attached hydrogens (tertiary/aromatic N) is 2. The SMILES string of the molecule is COc1ccc(-c2cc(=O)n(C)n2C(F)F)cc1. The van der Waals surface area contributed by atoms with Crippen LogP contribution in [0.15, 0.2) is 35.1 Å². The minimum Gasteiger partial charge on any atom is -0.497 e. The number of aromatic nitrogens is 2. The lowest BCUT2D eigenvalue weighted by Gasteiger charge is -2.11. The summed E-state index contributed by atoms with van der Waals surface area (Å²) in [4.78, 5) is 11.4. The molecular formula is C12H12F2N2O2. The molecule has 6 heteroatoms. The third-order valence-corrected chi connectivity index (χ3v) is 2.72. The molecule has 0 aliphatic rings. The second kappa shape index (κ2) is 4.64. The highest BCUT2D eigenvalue weighted by molar-refractivity contribution is 5.60. The molecule has 0 fully saturated rings. The predicted octanol–water partition coefficient (Wildman–Crippen LogP) is 2.26. The van der Waals surface area contributed by atoms with Crippen LogP contribution in [-0.2, 0) is 7.05 Å². The molecule has 0 unspecified atom stereocenters. The summed E-state index contributed by atoms with van der Waals surface area (Å²) in [5.41, 5.74) is 0.245. The van der Waals surface area contributed by atoms with E-state index in [9.17, 15) is 13.6 Å². The first-order valence-corrected chi connectivity index (χ1v) is 5.25. The quantitative estimate of drug-likeness (QED) is 0.842. The Morgan fingerprint density at radius 3 is 2.33 bits per heavy atom. The van der Waals surface area contributed by atoms with Crippen molar-refractivity contribution in [3.8, 4) is 17.0 Å². The maximum atomic E-state index is 12.9. The molecule has 0 saturated heterocycles. The normalized spacial score (nSPS) is 10.9. The van der Waals surface area contributed by atoms with Crippen LogP contribution in [-0.4, -0.2) is 16.5 Å². The third-order valence-electron chi connectivity index (χ3n) is 2.72. The van der Waals surface area contributed by atoms with Crippen molar-refractivity contribution >= 4 is 0 Å². The van der Waals surface area contributed by atoms with Gasteiger partial charge in [0.1, 0.15) is 5.75 Å². The Labute approximate surface area is 102 Å². The Morgan fingerprint density at radius 2 is 1.83 bits per heavy atom. The molecule has 0 aliphatic heterocycles. The zero-order chi connectivity index (χ0) is 13.3. The molecule has 0 saturated carbocycles. The van der Waals surface area contributed by atoms with Crippen molar-refractivity contribution in [3.05, 3.63) is 40.7 Å². The average molecular weight is 254 g/mol. The number of benzene rings is 1. The Bertz CT molecular complexity index is 600. The molecule has 0 N–H and O–H groups in total. The van der Waals surface area contributed by atoms with Gasteiger partial charge in [0.05, 0.1) is 12.8 Å². The van der Waals surface area contributed by atoms with Crippen LogP contribution in [0.1, 0.15) is 6.55 Å². The van der Waals surface area contributed by atoms with Gasteiger partial charge in [0.15, 0.2) is 0 Å². The molecule has 1 aromatic heterocycles. The van der Waals surface area contributed by atoms with E-state index < -0.39 is 12.1 Å². The highest BCUT2D eigenvalue weighted by atomic mass is 19.3. The van der Waals surface area contributed by atoms with Gasteiger partial charge >= 0.3 is 6.55 Å². The Kier molecular flexibility index (Phi) is 3.18. The van der Waals surface area contributed by atoms with Crippen LogP contribution in [0.3, 0.4) is 0 Å². The van der Waals surface area contributed by atoms with Crippen molar-refractivity contribution in [1.82, 2.24) is 9.36 Å². The molecule has 0 spiro atoms. The largest absolute Gasteiger partial charge is 0.497 e. The number of hydrogen-bond donors (Lipinski definition) is 0. The molecule has 0 atom stereocenters. The smallest absolute Gasteiger partial charge is 0.332 e. The zero-order valence-electron chi connectivity index (χ0n) is 9.93. The van der Waals surface area contributed by atoms with Gasteiger partial charge in [0.25, 0.3) is 5.56 Å².